The van der Waals surface area contributed by atoms with Crippen molar-refractivity contribution in [2.45, 2.75) is 5.37 Å². The zero-order chi connectivity index (χ0) is 16.6. The Hall–Kier alpha value is -1.07. The average Bonchev–Trinajstić information content (AvgIpc) is 2.88. The van der Waals surface area contributed by atoms with Crippen molar-refractivity contribution in [3.05, 3.63) is 57.0 Å². The van der Waals surface area contributed by atoms with Crippen LogP contribution in [0.15, 0.2) is 36.4 Å². The second kappa shape index (κ2) is 6.81. The van der Waals surface area contributed by atoms with Gasteiger partial charge in [-0.3, -0.25) is 9.69 Å². The summed E-state index contributed by atoms with van der Waals surface area (Å²) in [6, 6.07) is 10.6. The summed E-state index contributed by atoms with van der Waals surface area (Å²) in [5, 5.41) is 1.34. The molecular weight excluding hydrogens is 377 g/mol. The van der Waals surface area contributed by atoms with Gasteiger partial charge in [-0.25, -0.2) is 0 Å². The minimum Gasteiger partial charge on any atom is -0.495 e. The number of hydrogen-bond acceptors (Lipinski definition) is 3. The third-order valence-electron chi connectivity index (χ3n) is 3.51. The van der Waals surface area contributed by atoms with Gasteiger partial charge in [0.1, 0.15) is 11.1 Å². The Bertz CT molecular complexity index is 769. The Balaban J connectivity index is 2.01. The van der Waals surface area contributed by atoms with Crippen LogP contribution >= 0.6 is 46.6 Å². The van der Waals surface area contributed by atoms with Crippen molar-refractivity contribution in [1.29, 1.82) is 0 Å². The van der Waals surface area contributed by atoms with Crippen LogP contribution in [0.4, 0.5) is 5.69 Å². The number of rotatable bonds is 3. The standard InChI is InChI=1S/C16H12Cl3NO2S/c1-22-14-5-3-10(7-13(14)19)20-15(21)8-23-16(20)11-4-2-9(17)6-12(11)18/h2-7,16H,8H2,1H3/t16-/m0/s1. The molecule has 0 N–H and O–H groups in total. The van der Waals surface area contributed by atoms with Crippen molar-refractivity contribution >= 4 is 58.2 Å². The predicted octanol–water partition coefficient (Wildman–Crippen LogP) is 5.43. The van der Waals surface area contributed by atoms with Gasteiger partial charge in [0.2, 0.25) is 5.91 Å². The van der Waals surface area contributed by atoms with Crippen molar-refractivity contribution in [3.8, 4) is 5.75 Å². The van der Waals surface area contributed by atoms with E-state index in [9.17, 15) is 4.79 Å². The Kier molecular flexibility index (Phi) is 4.97. The average molecular weight is 389 g/mol. The van der Waals surface area contributed by atoms with Crippen LogP contribution in [0.25, 0.3) is 0 Å². The smallest absolute Gasteiger partial charge is 0.238 e. The molecule has 1 saturated heterocycles. The fourth-order valence-electron chi connectivity index (χ4n) is 2.44. The van der Waals surface area contributed by atoms with E-state index in [4.69, 9.17) is 39.5 Å². The minimum atomic E-state index is -0.211. The molecule has 0 bridgehead atoms. The van der Waals surface area contributed by atoms with Gasteiger partial charge in [-0.05, 0) is 30.3 Å². The molecule has 0 aliphatic carbocycles. The third kappa shape index (κ3) is 3.26. The molecule has 0 saturated carbocycles. The topological polar surface area (TPSA) is 29.5 Å². The van der Waals surface area contributed by atoms with E-state index in [1.54, 1.807) is 36.3 Å². The number of amides is 1. The van der Waals surface area contributed by atoms with Crippen LogP contribution in [0, 0.1) is 0 Å². The van der Waals surface area contributed by atoms with Gasteiger partial charge in [-0.2, -0.15) is 0 Å². The summed E-state index contributed by atoms with van der Waals surface area (Å²) >= 11 is 20.0. The molecule has 0 aromatic heterocycles. The number of nitrogens with zero attached hydrogens (tertiary/aromatic N) is 1. The molecule has 0 radical (unpaired) electrons. The SMILES string of the molecule is COc1ccc(N2C(=O)CS[C@H]2c2ccc(Cl)cc2Cl)cc1Cl. The maximum atomic E-state index is 12.4. The van der Waals surface area contributed by atoms with Gasteiger partial charge in [0.25, 0.3) is 0 Å². The highest BCUT2D eigenvalue weighted by Crippen LogP contribution is 2.45. The van der Waals surface area contributed by atoms with Crippen molar-refractivity contribution in [1.82, 2.24) is 0 Å². The monoisotopic (exact) mass is 387 g/mol. The molecule has 3 nitrogen and oxygen atoms in total. The van der Waals surface area contributed by atoms with Gasteiger partial charge in [-0.15, -0.1) is 11.8 Å². The summed E-state index contributed by atoms with van der Waals surface area (Å²) in [6.45, 7) is 0. The summed E-state index contributed by atoms with van der Waals surface area (Å²) in [5.41, 5.74) is 1.56. The molecule has 1 fully saturated rings. The molecular formula is C16H12Cl3NO2S. The van der Waals surface area contributed by atoms with E-state index in [0.717, 1.165) is 5.56 Å². The highest BCUT2D eigenvalue weighted by atomic mass is 35.5. The summed E-state index contributed by atoms with van der Waals surface area (Å²) in [5.74, 6) is 0.954. The van der Waals surface area contributed by atoms with E-state index in [1.165, 1.54) is 11.8 Å². The second-order valence-electron chi connectivity index (χ2n) is 4.91. The fraction of sp³-hybridized carbons (Fsp3) is 0.188. The van der Waals surface area contributed by atoms with E-state index in [-0.39, 0.29) is 11.3 Å². The van der Waals surface area contributed by atoms with Gasteiger partial charge in [0.05, 0.1) is 17.9 Å². The molecule has 3 rings (SSSR count). The lowest BCUT2D eigenvalue weighted by Gasteiger charge is -2.25. The van der Waals surface area contributed by atoms with E-state index < -0.39 is 0 Å². The van der Waals surface area contributed by atoms with E-state index >= 15 is 0 Å². The number of benzene rings is 2. The zero-order valence-corrected chi connectivity index (χ0v) is 15.1. The van der Waals surface area contributed by atoms with Crippen LogP contribution in [0.2, 0.25) is 15.1 Å². The van der Waals surface area contributed by atoms with Crippen molar-refractivity contribution < 1.29 is 9.53 Å². The van der Waals surface area contributed by atoms with Crippen LogP contribution in [-0.2, 0) is 4.79 Å². The summed E-state index contributed by atoms with van der Waals surface area (Å²) < 4.78 is 5.16. The molecule has 1 aliphatic rings. The largest absolute Gasteiger partial charge is 0.495 e. The Morgan fingerprint density at radius 3 is 2.57 bits per heavy atom. The number of carbonyl (C=O) groups is 1. The summed E-state index contributed by atoms with van der Waals surface area (Å²) in [6.07, 6.45) is 0. The lowest BCUT2D eigenvalue weighted by atomic mass is 10.2. The van der Waals surface area contributed by atoms with Gasteiger partial charge in [-0.1, -0.05) is 40.9 Å². The summed E-state index contributed by atoms with van der Waals surface area (Å²) in [7, 11) is 1.55. The lowest BCUT2D eigenvalue weighted by Crippen LogP contribution is -2.27. The van der Waals surface area contributed by atoms with Crippen LogP contribution in [0.5, 0.6) is 5.75 Å². The van der Waals surface area contributed by atoms with E-state index in [2.05, 4.69) is 0 Å². The zero-order valence-electron chi connectivity index (χ0n) is 12.1. The van der Waals surface area contributed by atoms with Gasteiger partial charge in [0, 0.05) is 21.3 Å². The number of thioether (sulfide) groups is 1. The number of halogens is 3. The second-order valence-corrected chi connectivity index (χ2v) is 7.23. The fourth-order valence-corrected chi connectivity index (χ4v) is 4.48. The first kappa shape index (κ1) is 16.8. The van der Waals surface area contributed by atoms with Gasteiger partial charge in [0.15, 0.2) is 0 Å². The first-order valence-corrected chi connectivity index (χ1v) is 8.91. The van der Waals surface area contributed by atoms with Gasteiger partial charge >= 0.3 is 0 Å². The number of ether oxygens (including phenoxy) is 1. The minimum absolute atomic E-state index is 0.00671. The Morgan fingerprint density at radius 2 is 1.91 bits per heavy atom. The number of anilines is 1. The highest BCUT2D eigenvalue weighted by Gasteiger charge is 2.35. The first-order chi connectivity index (χ1) is 11.0. The molecule has 120 valence electrons. The lowest BCUT2D eigenvalue weighted by molar-refractivity contribution is -0.115. The molecule has 1 heterocycles. The highest BCUT2D eigenvalue weighted by molar-refractivity contribution is 8.00. The molecule has 1 aliphatic heterocycles. The molecule has 0 spiro atoms. The van der Waals surface area contributed by atoms with Crippen LogP contribution in [0.3, 0.4) is 0 Å². The molecule has 2 aromatic carbocycles. The maximum Gasteiger partial charge on any atom is 0.238 e. The molecule has 23 heavy (non-hydrogen) atoms. The molecule has 1 atom stereocenters. The maximum absolute atomic E-state index is 12.4. The molecule has 2 aromatic rings. The van der Waals surface area contributed by atoms with Crippen molar-refractivity contribution in [3.63, 3.8) is 0 Å². The first-order valence-electron chi connectivity index (χ1n) is 6.73. The van der Waals surface area contributed by atoms with E-state index in [0.29, 0.717) is 32.3 Å². The predicted molar refractivity (Wildman–Crippen MR) is 97.2 cm³/mol. The van der Waals surface area contributed by atoms with Gasteiger partial charge < -0.3 is 4.74 Å². The van der Waals surface area contributed by atoms with E-state index in [1.807, 2.05) is 12.1 Å². The Morgan fingerprint density at radius 1 is 1.13 bits per heavy atom. The van der Waals surface area contributed by atoms with Crippen LogP contribution < -0.4 is 9.64 Å². The Labute approximate surface area is 153 Å². The third-order valence-corrected chi connectivity index (χ3v) is 5.56. The summed E-state index contributed by atoms with van der Waals surface area (Å²) in [4.78, 5) is 14.1. The molecule has 0 unspecified atom stereocenters. The number of carbonyl (C=O) groups excluding carboxylic acids is 1. The normalized spacial score (nSPS) is 17.7. The number of methoxy groups -OCH3 is 1. The number of hydrogen-bond donors (Lipinski definition) is 0. The van der Waals surface area contributed by atoms with Crippen molar-refractivity contribution in [2.24, 2.45) is 0 Å². The van der Waals surface area contributed by atoms with Crippen LogP contribution in [-0.4, -0.2) is 18.8 Å². The van der Waals surface area contributed by atoms with Crippen molar-refractivity contribution in [2.75, 3.05) is 17.8 Å². The molecule has 7 heteroatoms. The quantitative estimate of drug-likeness (QED) is 0.701. The van der Waals surface area contributed by atoms with Crippen LogP contribution in [0.1, 0.15) is 10.9 Å². The molecule has 1 amide bonds.